The molecule has 4 nitrogen and oxygen atoms in total. The highest BCUT2D eigenvalue weighted by molar-refractivity contribution is 5.84. The fraction of sp³-hybridized carbons (Fsp3) is 0.917. The molecule has 0 unspecified atom stereocenters. The van der Waals surface area contributed by atoms with Gasteiger partial charge in [0.2, 0.25) is 0 Å². The van der Waals surface area contributed by atoms with E-state index in [0.29, 0.717) is 13.1 Å². The number of carbonyl (C=O) groups excluding carboxylic acids is 1. The summed E-state index contributed by atoms with van der Waals surface area (Å²) < 4.78 is 5.14. The average Bonchev–Trinajstić information content (AvgIpc) is 2.75. The highest BCUT2D eigenvalue weighted by atomic mass is 16.5. The first kappa shape index (κ1) is 13.5. The molecule has 1 aliphatic carbocycles. The molecule has 3 N–H and O–H groups in total. The Morgan fingerprint density at radius 2 is 2.00 bits per heavy atom. The Bertz CT molecular complexity index is 245. The number of rotatable bonds is 5. The van der Waals surface area contributed by atoms with Crippen LogP contribution in [0.5, 0.6) is 0 Å². The molecule has 0 heterocycles. The molecule has 0 aromatic heterocycles. The SMILES string of the molecule is COC(C)(C)C(=O)NCC1(CN)CCCC1. The lowest BCUT2D eigenvalue weighted by atomic mass is 9.86. The Morgan fingerprint density at radius 1 is 1.44 bits per heavy atom. The van der Waals surface area contributed by atoms with Crippen molar-refractivity contribution in [3.05, 3.63) is 0 Å². The molecule has 1 rings (SSSR count). The minimum atomic E-state index is -0.756. The minimum absolute atomic E-state index is 0.0604. The summed E-state index contributed by atoms with van der Waals surface area (Å²) in [7, 11) is 1.55. The van der Waals surface area contributed by atoms with Gasteiger partial charge in [0.1, 0.15) is 5.60 Å². The first-order valence-electron chi connectivity index (χ1n) is 5.99. The number of hydrogen-bond acceptors (Lipinski definition) is 3. The van der Waals surface area contributed by atoms with E-state index < -0.39 is 5.60 Å². The summed E-state index contributed by atoms with van der Waals surface area (Å²) in [5.74, 6) is -0.0604. The number of hydrogen-bond donors (Lipinski definition) is 2. The van der Waals surface area contributed by atoms with E-state index in [-0.39, 0.29) is 11.3 Å². The zero-order valence-electron chi connectivity index (χ0n) is 10.6. The van der Waals surface area contributed by atoms with Crippen molar-refractivity contribution in [3.8, 4) is 0 Å². The maximum absolute atomic E-state index is 11.8. The van der Waals surface area contributed by atoms with E-state index in [4.69, 9.17) is 10.5 Å². The van der Waals surface area contributed by atoms with Crippen LogP contribution in [0.3, 0.4) is 0 Å². The molecule has 1 fully saturated rings. The van der Waals surface area contributed by atoms with Crippen molar-refractivity contribution < 1.29 is 9.53 Å². The summed E-state index contributed by atoms with van der Waals surface area (Å²) in [6, 6.07) is 0. The third-order valence-corrected chi connectivity index (χ3v) is 3.78. The Labute approximate surface area is 97.9 Å². The molecule has 1 aliphatic rings. The van der Waals surface area contributed by atoms with Gasteiger partial charge < -0.3 is 15.8 Å². The number of ether oxygens (including phenoxy) is 1. The number of nitrogens with one attached hydrogen (secondary N) is 1. The second-order valence-electron chi connectivity index (χ2n) is 5.31. The van der Waals surface area contributed by atoms with Crippen molar-refractivity contribution in [2.75, 3.05) is 20.2 Å². The van der Waals surface area contributed by atoms with E-state index >= 15 is 0 Å². The van der Waals surface area contributed by atoms with Gasteiger partial charge in [0.25, 0.3) is 5.91 Å². The summed E-state index contributed by atoms with van der Waals surface area (Å²) in [5, 5.41) is 2.96. The van der Waals surface area contributed by atoms with Gasteiger partial charge in [-0.05, 0) is 38.6 Å². The lowest BCUT2D eigenvalue weighted by molar-refractivity contribution is -0.140. The van der Waals surface area contributed by atoms with Gasteiger partial charge in [-0.25, -0.2) is 0 Å². The van der Waals surface area contributed by atoms with Gasteiger partial charge in [0, 0.05) is 13.7 Å². The van der Waals surface area contributed by atoms with E-state index in [2.05, 4.69) is 5.32 Å². The molecule has 1 saturated carbocycles. The molecule has 0 bridgehead atoms. The zero-order chi connectivity index (χ0) is 12.2. The van der Waals surface area contributed by atoms with Crippen LogP contribution in [-0.4, -0.2) is 31.7 Å². The van der Waals surface area contributed by atoms with Gasteiger partial charge in [-0.1, -0.05) is 12.8 Å². The molecule has 0 saturated heterocycles. The summed E-state index contributed by atoms with van der Waals surface area (Å²) in [5.41, 5.74) is 5.18. The second kappa shape index (κ2) is 5.15. The maximum atomic E-state index is 11.8. The predicted octanol–water partition coefficient (Wildman–Crippen LogP) is 1.05. The standard InChI is InChI=1S/C12H24N2O2/c1-11(2,16-3)10(15)14-9-12(8-13)6-4-5-7-12/h4-9,13H2,1-3H3,(H,14,15). The highest BCUT2D eigenvalue weighted by Crippen LogP contribution is 2.36. The van der Waals surface area contributed by atoms with Crippen LogP contribution in [0.2, 0.25) is 0 Å². The molecule has 0 aromatic carbocycles. The summed E-state index contributed by atoms with van der Waals surface area (Å²) in [6.07, 6.45) is 4.69. The first-order valence-corrected chi connectivity index (χ1v) is 5.99. The van der Waals surface area contributed by atoms with Crippen molar-refractivity contribution in [2.45, 2.75) is 45.1 Å². The van der Waals surface area contributed by atoms with Crippen molar-refractivity contribution in [2.24, 2.45) is 11.1 Å². The molecule has 4 heteroatoms. The van der Waals surface area contributed by atoms with Gasteiger partial charge >= 0.3 is 0 Å². The van der Waals surface area contributed by atoms with Crippen LogP contribution in [0, 0.1) is 5.41 Å². The lowest BCUT2D eigenvalue weighted by Gasteiger charge is -2.30. The van der Waals surface area contributed by atoms with Crippen LogP contribution in [0.1, 0.15) is 39.5 Å². The van der Waals surface area contributed by atoms with Crippen LogP contribution in [0.25, 0.3) is 0 Å². The van der Waals surface area contributed by atoms with Crippen molar-refractivity contribution in [1.29, 1.82) is 0 Å². The molecular formula is C12H24N2O2. The molecule has 0 spiro atoms. The molecule has 94 valence electrons. The van der Waals surface area contributed by atoms with E-state index in [9.17, 15) is 4.79 Å². The monoisotopic (exact) mass is 228 g/mol. The quantitative estimate of drug-likeness (QED) is 0.739. The van der Waals surface area contributed by atoms with E-state index in [1.165, 1.54) is 12.8 Å². The highest BCUT2D eigenvalue weighted by Gasteiger charge is 2.35. The van der Waals surface area contributed by atoms with Gasteiger partial charge in [0.05, 0.1) is 0 Å². The van der Waals surface area contributed by atoms with Crippen molar-refractivity contribution >= 4 is 5.91 Å². The summed E-state index contributed by atoms with van der Waals surface area (Å²) >= 11 is 0. The Hall–Kier alpha value is -0.610. The van der Waals surface area contributed by atoms with E-state index in [1.807, 2.05) is 0 Å². The topological polar surface area (TPSA) is 64.3 Å². The summed E-state index contributed by atoms with van der Waals surface area (Å²) in [6.45, 7) is 4.87. The average molecular weight is 228 g/mol. The third kappa shape index (κ3) is 2.95. The first-order chi connectivity index (χ1) is 7.46. The fourth-order valence-electron chi connectivity index (χ4n) is 2.15. The zero-order valence-corrected chi connectivity index (χ0v) is 10.6. The molecule has 0 aromatic rings. The maximum Gasteiger partial charge on any atom is 0.251 e. The smallest absolute Gasteiger partial charge is 0.251 e. The molecule has 0 aliphatic heterocycles. The van der Waals surface area contributed by atoms with Crippen LogP contribution < -0.4 is 11.1 Å². The van der Waals surface area contributed by atoms with Crippen molar-refractivity contribution in [1.82, 2.24) is 5.32 Å². The number of methoxy groups -OCH3 is 1. The van der Waals surface area contributed by atoms with Gasteiger partial charge in [-0.15, -0.1) is 0 Å². The van der Waals surface area contributed by atoms with Crippen LogP contribution in [-0.2, 0) is 9.53 Å². The van der Waals surface area contributed by atoms with E-state index in [0.717, 1.165) is 12.8 Å². The Balaban J connectivity index is 2.47. The van der Waals surface area contributed by atoms with E-state index in [1.54, 1.807) is 21.0 Å². The third-order valence-electron chi connectivity index (χ3n) is 3.78. The minimum Gasteiger partial charge on any atom is -0.369 e. The van der Waals surface area contributed by atoms with Gasteiger partial charge in [-0.3, -0.25) is 4.79 Å². The van der Waals surface area contributed by atoms with Crippen LogP contribution in [0.15, 0.2) is 0 Å². The number of nitrogens with two attached hydrogens (primary N) is 1. The molecule has 0 radical (unpaired) electrons. The van der Waals surface area contributed by atoms with Gasteiger partial charge in [-0.2, -0.15) is 0 Å². The second-order valence-corrected chi connectivity index (χ2v) is 5.31. The van der Waals surface area contributed by atoms with Crippen LogP contribution in [0.4, 0.5) is 0 Å². The van der Waals surface area contributed by atoms with Crippen LogP contribution >= 0.6 is 0 Å². The number of carbonyl (C=O) groups is 1. The molecule has 1 amide bonds. The Morgan fingerprint density at radius 3 is 2.44 bits per heavy atom. The molecular weight excluding hydrogens is 204 g/mol. The largest absolute Gasteiger partial charge is 0.369 e. The fourth-order valence-corrected chi connectivity index (χ4v) is 2.15. The Kier molecular flexibility index (Phi) is 4.33. The molecule has 0 atom stereocenters. The number of amides is 1. The summed E-state index contributed by atoms with van der Waals surface area (Å²) in [4.78, 5) is 11.8. The lowest BCUT2D eigenvalue weighted by Crippen LogP contribution is -2.48. The predicted molar refractivity (Wildman–Crippen MR) is 64.1 cm³/mol. The molecule has 16 heavy (non-hydrogen) atoms. The van der Waals surface area contributed by atoms with Gasteiger partial charge in [0.15, 0.2) is 0 Å². The normalized spacial score (nSPS) is 19.8. The van der Waals surface area contributed by atoms with Crippen molar-refractivity contribution in [3.63, 3.8) is 0 Å².